The zero-order valence-corrected chi connectivity index (χ0v) is 12.9. The summed E-state index contributed by atoms with van der Waals surface area (Å²) in [6, 6.07) is 7.43. The van der Waals surface area contributed by atoms with Crippen LogP contribution in [0.3, 0.4) is 0 Å². The molecule has 1 fully saturated rings. The van der Waals surface area contributed by atoms with Crippen molar-refractivity contribution < 1.29 is 14.6 Å². The van der Waals surface area contributed by atoms with Crippen LogP contribution in [0.1, 0.15) is 32.1 Å². The highest BCUT2D eigenvalue weighted by Crippen LogP contribution is 2.22. The van der Waals surface area contributed by atoms with Crippen molar-refractivity contribution in [2.75, 3.05) is 26.8 Å². The van der Waals surface area contributed by atoms with Gasteiger partial charge in [0.1, 0.15) is 24.2 Å². The molecule has 21 heavy (non-hydrogen) atoms. The molecule has 0 amide bonds. The second-order valence-corrected chi connectivity index (χ2v) is 5.81. The average molecular weight is 293 g/mol. The van der Waals surface area contributed by atoms with Crippen LogP contribution in [0.5, 0.6) is 11.5 Å². The van der Waals surface area contributed by atoms with Gasteiger partial charge in [-0.1, -0.05) is 25.3 Å². The number of ether oxygens (including phenoxy) is 2. The van der Waals surface area contributed by atoms with Crippen molar-refractivity contribution in [3.05, 3.63) is 24.3 Å². The third kappa shape index (κ3) is 5.94. The Kier molecular flexibility index (Phi) is 6.83. The Balaban J connectivity index is 1.61. The van der Waals surface area contributed by atoms with E-state index < -0.39 is 6.10 Å². The number of benzene rings is 1. The summed E-state index contributed by atoms with van der Waals surface area (Å²) in [5.74, 6) is 2.27. The normalized spacial score (nSPS) is 17.4. The number of rotatable bonds is 8. The van der Waals surface area contributed by atoms with Crippen LogP contribution >= 0.6 is 0 Å². The second kappa shape index (κ2) is 8.90. The number of hydrogen-bond donors (Lipinski definition) is 2. The maximum Gasteiger partial charge on any atom is 0.123 e. The molecule has 0 aliphatic heterocycles. The van der Waals surface area contributed by atoms with Gasteiger partial charge in [-0.2, -0.15) is 0 Å². The first-order valence-corrected chi connectivity index (χ1v) is 7.93. The van der Waals surface area contributed by atoms with Gasteiger partial charge in [-0.05, 0) is 37.4 Å². The molecule has 1 aromatic carbocycles. The topological polar surface area (TPSA) is 50.7 Å². The van der Waals surface area contributed by atoms with E-state index in [4.69, 9.17) is 9.47 Å². The molecule has 1 saturated carbocycles. The fraction of sp³-hybridized carbons (Fsp3) is 0.647. The first-order chi connectivity index (χ1) is 10.3. The van der Waals surface area contributed by atoms with Gasteiger partial charge in [0.05, 0.1) is 7.11 Å². The van der Waals surface area contributed by atoms with Crippen molar-refractivity contribution in [1.29, 1.82) is 0 Å². The first-order valence-electron chi connectivity index (χ1n) is 7.93. The monoisotopic (exact) mass is 293 g/mol. The lowest BCUT2D eigenvalue weighted by molar-refractivity contribution is 0.104. The lowest BCUT2D eigenvalue weighted by Crippen LogP contribution is -2.34. The highest BCUT2D eigenvalue weighted by molar-refractivity contribution is 5.32. The third-order valence-corrected chi connectivity index (χ3v) is 4.02. The number of nitrogens with one attached hydrogen (secondary N) is 1. The van der Waals surface area contributed by atoms with Gasteiger partial charge in [0, 0.05) is 12.6 Å². The fourth-order valence-corrected chi connectivity index (χ4v) is 2.79. The van der Waals surface area contributed by atoms with E-state index in [1.807, 2.05) is 24.3 Å². The first kappa shape index (κ1) is 16.1. The quantitative estimate of drug-likeness (QED) is 0.773. The summed E-state index contributed by atoms with van der Waals surface area (Å²) in [6.45, 7) is 1.89. The minimum atomic E-state index is -0.486. The molecule has 1 aliphatic carbocycles. The lowest BCUT2D eigenvalue weighted by atomic mass is 9.89. The van der Waals surface area contributed by atoms with E-state index in [-0.39, 0.29) is 0 Å². The maximum absolute atomic E-state index is 9.95. The van der Waals surface area contributed by atoms with E-state index >= 15 is 0 Å². The summed E-state index contributed by atoms with van der Waals surface area (Å²) in [4.78, 5) is 0. The van der Waals surface area contributed by atoms with E-state index in [2.05, 4.69) is 5.32 Å². The molecule has 0 aromatic heterocycles. The number of hydrogen-bond acceptors (Lipinski definition) is 4. The summed E-state index contributed by atoms with van der Waals surface area (Å²) in [7, 11) is 1.63. The largest absolute Gasteiger partial charge is 0.497 e. The molecular weight excluding hydrogens is 266 g/mol. The second-order valence-electron chi connectivity index (χ2n) is 5.81. The number of methoxy groups -OCH3 is 1. The van der Waals surface area contributed by atoms with Crippen molar-refractivity contribution in [3.8, 4) is 11.5 Å². The van der Waals surface area contributed by atoms with Crippen LogP contribution in [0.2, 0.25) is 0 Å². The van der Waals surface area contributed by atoms with Crippen molar-refractivity contribution in [2.24, 2.45) is 5.92 Å². The standard InChI is InChI=1S/C17H27NO3/c1-20-16-8-5-9-17(10-16)21-13-15(19)12-18-11-14-6-3-2-4-7-14/h5,8-10,14-15,18-19H,2-4,6-7,11-13H2,1H3. The van der Waals surface area contributed by atoms with Crippen LogP contribution in [-0.4, -0.2) is 38.0 Å². The molecule has 1 unspecified atom stereocenters. The molecule has 4 nitrogen and oxygen atoms in total. The van der Waals surface area contributed by atoms with Crippen LogP contribution in [0, 0.1) is 5.92 Å². The molecule has 0 heterocycles. The van der Waals surface area contributed by atoms with Crippen LogP contribution in [0.15, 0.2) is 24.3 Å². The summed E-state index contributed by atoms with van der Waals surface area (Å²) in [6.07, 6.45) is 6.25. The molecule has 1 aromatic rings. The lowest BCUT2D eigenvalue weighted by Gasteiger charge is -2.22. The molecule has 4 heteroatoms. The molecule has 0 radical (unpaired) electrons. The molecule has 1 atom stereocenters. The Bertz CT molecular complexity index is 405. The van der Waals surface area contributed by atoms with Gasteiger partial charge in [-0.25, -0.2) is 0 Å². The minimum absolute atomic E-state index is 0.296. The van der Waals surface area contributed by atoms with Gasteiger partial charge < -0.3 is 19.9 Å². The van der Waals surface area contributed by atoms with Crippen molar-refractivity contribution in [3.63, 3.8) is 0 Å². The highest BCUT2D eigenvalue weighted by Gasteiger charge is 2.13. The number of aliphatic hydroxyl groups excluding tert-OH is 1. The molecular formula is C17H27NO3. The zero-order chi connectivity index (χ0) is 14.9. The summed E-state index contributed by atoms with van der Waals surface area (Å²) in [5, 5.41) is 13.3. The molecule has 0 spiro atoms. The SMILES string of the molecule is COc1cccc(OCC(O)CNCC2CCCCC2)c1. The smallest absolute Gasteiger partial charge is 0.123 e. The predicted octanol–water partition coefficient (Wildman–Crippen LogP) is 2.60. The predicted molar refractivity (Wildman–Crippen MR) is 83.9 cm³/mol. The van der Waals surface area contributed by atoms with Crippen LogP contribution in [0.4, 0.5) is 0 Å². The van der Waals surface area contributed by atoms with E-state index in [1.54, 1.807) is 7.11 Å². The average Bonchev–Trinajstić information content (AvgIpc) is 2.54. The molecule has 118 valence electrons. The van der Waals surface area contributed by atoms with Gasteiger partial charge in [-0.15, -0.1) is 0 Å². The Morgan fingerprint density at radius 3 is 2.76 bits per heavy atom. The third-order valence-electron chi connectivity index (χ3n) is 4.02. The fourth-order valence-electron chi connectivity index (χ4n) is 2.79. The van der Waals surface area contributed by atoms with Crippen molar-refractivity contribution in [1.82, 2.24) is 5.32 Å². The highest BCUT2D eigenvalue weighted by atomic mass is 16.5. The van der Waals surface area contributed by atoms with Crippen molar-refractivity contribution in [2.45, 2.75) is 38.2 Å². The van der Waals surface area contributed by atoms with E-state index in [0.717, 1.165) is 24.0 Å². The van der Waals surface area contributed by atoms with Gasteiger partial charge in [0.25, 0.3) is 0 Å². The molecule has 2 rings (SSSR count). The maximum atomic E-state index is 9.95. The summed E-state index contributed by atoms with van der Waals surface area (Å²) < 4.78 is 10.7. The van der Waals surface area contributed by atoms with Crippen LogP contribution in [-0.2, 0) is 0 Å². The number of aliphatic hydroxyl groups is 1. The van der Waals surface area contributed by atoms with Crippen LogP contribution < -0.4 is 14.8 Å². The van der Waals surface area contributed by atoms with E-state index in [1.165, 1.54) is 32.1 Å². The molecule has 0 saturated heterocycles. The Hall–Kier alpha value is -1.26. The summed E-state index contributed by atoms with van der Waals surface area (Å²) in [5.41, 5.74) is 0. The van der Waals surface area contributed by atoms with Gasteiger partial charge in [0.2, 0.25) is 0 Å². The minimum Gasteiger partial charge on any atom is -0.497 e. The molecule has 0 bridgehead atoms. The Morgan fingerprint density at radius 2 is 2.00 bits per heavy atom. The zero-order valence-electron chi connectivity index (χ0n) is 12.9. The molecule has 2 N–H and O–H groups in total. The van der Waals surface area contributed by atoms with E-state index in [0.29, 0.717) is 13.2 Å². The Morgan fingerprint density at radius 1 is 1.24 bits per heavy atom. The summed E-state index contributed by atoms with van der Waals surface area (Å²) >= 11 is 0. The van der Waals surface area contributed by atoms with Gasteiger partial charge in [-0.3, -0.25) is 0 Å². The van der Waals surface area contributed by atoms with Gasteiger partial charge in [0.15, 0.2) is 0 Å². The van der Waals surface area contributed by atoms with E-state index in [9.17, 15) is 5.11 Å². The molecule has 1 aliphatic rings. The van der Waals surface area contributed by atoms with Crippen LogP contribution in [0.25, 0.3) is 0 Å². The van der Waals surface area contributed by atoms with Gasteiger partial charge >= 0.3 is 0 Å². The van der Waals surface area contributed by atoms with Crippen molar-refractivity contribution >= 4 is 0 Å². The Labute approximate surface area is 127 Å².